The highest BCUT2D eigenvalue weighted by Gasteiger charge is 2.30. The van der Waals surface area contributed by atoms with E-state index in [0.29, 0.717) is 0 Å². The number of nitrogens with two attached hydrogens (primary N) is 1. The zero-order valence-electron chi connectivity index (χ0n) is 12.0. The average Bonchev–Trinajstić information content (AvgIpc) is 2.53. The summed E-state index contributed by atoms with van der Waals surface area (Å²) in [4.78, 5) is 5.40. The number of anilines is 1. The number of nitrogen functional groups attached to an aromatic ring is 1. The molecule has 0 spiro atoms. The lowest BCUT2D eigenvalue weighted by Gasteiger charge is -2.32. The smallest absolute Gasteiger partial charge is 0.133 e. The third-order valence-corrected chi connectivity index (χ3v) is 4.69. The van der Waals surface area contributed by atoms with Crippen molar-refractivity contribution in [3.63, 3.8) is 0 Å². The van der Waals surface area contributed by atoms with Gasteiger partial charge in [0.1, 0.15) is 11.9 Å². The summed E-state index contributed by atoms with van der Waals surface area (Å²) in [7, 11) is 0. The Balaban J connectivity index is 1.88. The number of para-hydroxylation sites is 1. The normalized spacial score (nSPS) is 18.6. The van der Waals surface area contributed by atoms with Crippen LogP contribution in [0, 0.1) is 0 Å². The Labute approximate surface area is 129 Å². The van der Waals surface area contributed by atoms with Crippen LogP contribution in [0.1, 0.15) is 18.5 Å². The van der Waals surface area contributed by atoms with Crippen molar-refractivity contribution in [2.45, 2.75) is 24.0 Å². The Kier molecular flexibility index (Phi) is 4.31. The summed E-state index contributed by atoms with van der Waals surface area (Å²) in [5, 5.41) is 3.48. The van der Waals surface area contributed by atoms with Gasteiger partial charge < -0.3 is 15.8 Å². The van der Waals surface area contributed by atoms with Gasteiger partial charge in [-0.25, -0.2) is 0 Å². The molecule has 0 radical (unpaired) electrons. The fraction of sp³-hybridized carbons (Fsp3) is 0.312. The van der Waals surface area contributed by atoms with Crippen LogP contribution in [0.4, 0.5) is 5.69 Å². The standard InChI is InChI=1S/C16H19N3OS/c1-2-19-16(11-9-18-8-7-12(11)17)14-10-21-15-6-4-3-5-13(15)20-14/h3-9,14,16,19H,2,10H2,1H3,(H2,17,18). The summed E-state index contributed by atoms with van der Waals surface area (Å²) in [6, 6.07) is 10.0. The molecule has 2 atom stereocenters. The molecule has 0 saturated carbocycles. The Bertz CT molecular complexity index is 620. The lowest BCUT2D eigenvalue weighted by molar-refractivity contribution is 0.167. The average molecular weight is 301 g/mol. The summed E-state index contributed by atoms with van der Waals surface area (Å²) in [5.74, 6) is 1.84. The summed E-state index contributed by atoms with van der Waals surface area (Å²) >= 11 is 1.83. The topological polar surface area (TPSA) is 60.2 Å². The van der Waals surface area contributed by atoms with E-state index in [1.807, 2.05) is 42.2 Å². The van der Waals surface area contributed by atoms with Crippen LogP contribution in [-0.4, -0.2) is 23.4 Å². The van der Waals surface area contributed by atoms with Crippen LogP contribution < -0.4 is 15.8 Å². The van der Waals surface area contributed by atoms with Crippen LogP contribution in [0.5, 0.6) is 5.75 Å². The van der Waals surface area contributed by atoms with Crippen molar-refractivity contribution in [1.82, 2.24) is 10.3 Å². The number of benzene rings is 1. The first-order chi connectivity index (χ1) is 10.3. The molecule has 0 bridgehead atoms. The number of hydrogen-bond donors (Lipinski definition) is 2. The van der Waals surface area contributed by atoms with E-state index in [0.717, 1.165) is 29.3 Å². The highest BCUT2D eigenvalue weighted by molar-refractivity contribution is 7.99. The van der Waals surface area contributed by atoms with Gasteiger partial charge in [-0.05, 0) is 24.7 Å². The summed E-state index contributed by atoms with van der Waals surface area (Å²) in [6.45, 7) is 2.94. The number of aromatic nitrogens is 1. The molecular formula is C16H19N3OS. The molecule has 2 aromatic rings. The molecular weight excluding hydrogens is 282 g/mol. The predicted octanol–water partition coefficient (Wildman–Crippen LogP) is 2.87. The molecule has 0 fully saturated rings. The van der Waals surface area contributed by atoms with Gasteiger partial charge in [0.05, 0.1) is 6.04 Å². The molecule has 0 aliphatic carbocycles. The second-order valence-electron chi connectivity index (χ2n) is 4.95. The third kappa shape index (κ3) is 2.99. The summed E-state index contributed by atoms with van der Waals surface area (Å²) in [6.07, 6.45) is 3.58. The molecule has 2 unspecified atom stereocenters. The largest absolute Gasteiger partial charge is 0.486 e. The lowest BCUT2D eigenvalue weighted by Crippen LogP contribution is -2.39. The Morgan fingerprint density at radius 3 is 3.10 bits per heavy atom. The molecule has 3 N–H and O–H groups in total. The van der Waals surface area contributed by atoms with Crippen LogP contribution in [0.2, 0.25) is 0 Å². The van der Waals surface area contributed by atoms with Gasteiger partial charge in [-0.3, -0.25) is 4.98 Å². The summed E-state index contributed by atoms with van der Waals surface area (Å²) in [5.41, 5.74) is 7.87. The van der Waals surface area contributed by atoms with Gasteiger partial charge in [-0.1, -0.05) is 19.1 Å². The number of thioether (sulfide) groups is 1. The van der Waals surface area contributed by atoms with Crippen molar-refractivity contribution in [3.05, 3.63) is 48.3 Å². The van der Waals surface area contributed by atoms with Crippen LogP contribution in [-0.2, 0) is 0 Å². The molecule has 21 heavy (non-hydrogen) atoms. The van der Waals surface area contributed by atoms with Gasteiger partial charge in [-0.2, -0.15) is 0 Å². The summed E-state index contributed by atoms with van der Waals surface area (Å²) < 4.78 is 6.19. The highest BCUT2D eigenvalue weighted by atomic mass is 32.2. The van der Waals surface area contributed by atoms with Gasteiger partial charge in [0.2, 0.25) is 0 Å². The minimum absolute atomic E-state index is 0.0383. The Morgan fingerprint density at radius 1 is 1.43 bits per heavy atom. The molecule has 1 aliphatic rings. The number of nitrogens with one attached hydrogen (secondary N) is 1. The van der Waals surface area contributed by atoms with Crippen LogP contribution >= 0.6 is 11.8 Å². The number of pyridine rings is 1. The number of nitrogens with zero attached hydrogens (tertiary/aromatic N) is 1. The minimum atomic E-state index is 0.0383. The van der Waals surface area contributed by atoms with Crippen molar-refractivity contribution >= 4 is 17.4 Å². The molecule has 5 heteroatoms. The molecule has 110 valence electrons. The van der Waals surface area contributed by atoms with Gasteiger partial charge in [0.25, 0.3) is 0 Å². The van der Waals surface area contributed by atoms with E-state index in [1.165, 1.54) is 4.90 Å². The molecule has 1 aromatic carbocycles. The second-order valence-corrected chi connectivity index (χ2v) is 6.02. The molecule has 1 aromatic heterocycles. The fourth-order valence-corrected chi connectivity index (χ4v) is 3.58. The second kappa shape index (κ2) is 6.37. The van der Waals surface area contributed by atoms with Gasteiger partial charge >= 0.3 is 0 Å². The number of likely N-dealkylation sites (N-methyl/N-ethyl adjacent to an activating group) is 1. The third-order valence-electron chi connectivity index (χ3n) is 3.55. The van der Waals surface area contributed by atoms with E-state index in [1.54, 1.807) is 6.20 Å². The zero-order valence-corrected chi connectivity index (χ0v) is 12.8. The molecule has 3 rings (SSSR count). The zero-order chi connectivity index (χ0) is 14.7. The van der Waals surface area contributed by atoms with E-state index in [4.69, 9.17) is 10.5 Å². The van der Waals surface area contributed by atoms with Gasteiger partial charge in [-0.15, -0.1) is 11.8 Å². The van der Waals surface area contributed by atoms with Crippen molar-refractivity contribution in [2.24, 2.45) is 0 Å². The van der Waals surface area contributed by atoms with Crippen molar-refractivity contribution in [3.8, 4) is 5.75 Å². The van der Waals surface area contributed by atoms with Crippen LogP contribution in [0.25, 0.3) is 0 Å². The van der Waals surface area contributed by atoms with E-state index in [2.05, 4.69) is 23.3 Å². The van der Waals surface area contributed by atoms with Crippen molar-refractivity contribution < 1.29 is 4.74 Å². The van der Waals surface area contributed by atoms with Crippen LogP contribution in [0.3, 0.4) is 0 Å². The van der Waals surface area contributed by atoms with Gasteiger partial charge in [0.15, 0.2) is 0 Å². The number of hydrogen-bond acceptors (Lipinski definition) is 5. The predicted molar refractivity (Wildman–Crippen MR) is 86.6 cm³/mol. The maximum Gasteiger partial charge on any atom is 0.133 e. The number of ether oxygens (including phenoxy) is 1. The van der Waals surface area contributed by atoms with Crippen LogP contribution in [0.15, 0.2) is 47.6 Å². The maximum absolute atomic E-state index is 6.19. The number of rotatable bonds is 4. The fourth-order valence-electron chi connectivity index (χ4n) is 2.54. The minimum Gasteiger partial charge on any atom is -0.486 e. The lowest BCUT2D eigenvalue weighted by atomic mass is 10.0. The maximum atomic E-state index is 6.19. The molecule has 1 aliphatic heterocycles. The monoisotopic (exact) mass is 301 g/mol. The van der Waals surface area contributed by atoms with Gasteiger partial charge in [0, 0.05) is 34.3 Å². The van der Waals surface area contributed by atoms with E-state index < -0.39 is 0 Å². The first-order valence-corrected chi connectivity index (χ1v) is 8.09. The molecule has 0 saturated heterocycles. The number of fused-ring (bicyclic) bond motifs is 1. The highest BCUT2D eigenvalue weighted by Crippen LogP contribution is 2.38. The first-order valence-electron chi connectivity index (χ1n) is 7.11. The molecule has 4 nitrogen and oxygen atoms in total. The van der Waals surface area contributed by atoms with Crippen molar-refractivity contribution in [2.75, 3.05) is 18.0 Å². The van der Waals surface area contributed by atoms with E-state index in [-0.39, 0.29) is 12.1 Å². The SMILES string of the molecule is CCNC(c1cnccc1N)C1CSc2ccccc2O1. The Hall–Kier alpha value is -1.72. The first kappa shape index (κ1) is 14.2. The Morgan fingerprint density at radius 2 is 2.29 bits per heavy atom. The molecule has 2 heterocycles. The quantitative estimate of drug-likeness (QED) is 0.909. The molecule has 0 amide bonds. The van der Waals surface area contributed by atoms with Crippen molar-refractivity contribution in [1.29, 1.82) is 0 Å². The van der Waals surface area contributed by atoms with E-state index in [9.17, 15) is 0 Å². The van der Waals surface area contributed by atoms with E-state index >= 15 is 0 Å².